The van der Waals surface area contributed by atoms with Crippen LogP contribution in [0.15, 0.2) is 32.8 Å². The monoisotopic (exact) mass is 445 g/mol. The Labute approximate surface area is 187 Å². The van der Waals surface area contributed by atoms with Gasteiger partial charge in [0, 0.05) is 25.7 Å². The summed E-state index contributed by atoms with van der Waals surface area (Å²) in [7, 11) is 3.12. The van der Waals surface area contributed by atoms with Crippen molar-refractivity contribution in [2.75, 3.05) is 40.4 Å². The van der Waals surface area contributed by atoms with E-state index in [2.05, 4.69) is 9.98 Å². The molecule has 0 aliphatic carbocycles. The first kappa shape index (κ1) is 23.6. The molecule has 0 amide bonds. The fourth-order valence-corrected chi connectivity index (χ4v) is 4.05. The number of aromatic nitrogens is 2. The molecule has 1 aromatic carbocycles. The number of aromatic hydroxyl groups is 1. The third kappa shape index (κ3) is 6.00. The van der Waals surface area contributed by atoms with Gasteiger partial charge in [-0.15, -0.1) is 0 Å². The molecule has 0 radical (unpaired) electrons. The van der Waals surface area contributed by atoms with E-state index >= 15 is 0 Å². The average Bonchev–Trinajstić information content (AvgIpc) is 2.81. The lowest BCUT2D eigenvalue weighted by Gasteiger charge is -2.22. The molecule has 0 bridgehead atoms. The van der Waals surface area contributed by atoms with Crippen molar-refractivity contribution in [3.8, 4) is 17.4 Å². The van der Waals surface area contributed by atoms with Crippen LogP contribution in [0.25, 0.3) is 0 Å². The number of aliphatic imine (C=N–C) groups is 1. The lowest BCUT2D eigenvalue weighted by Crippen LogP contribution is -3.12. The molecule has 3 N–H and O–H groups in total. The molecule has 2 aromatic rings. The fourth-order valence-electron chi connectivity index (χ4n) is 4.05. The SMILES string of the molecule is COc1ccc(CCn2c(O)c(C=NCCC[NH+]3CCCCC3)c(=O)[nH]c2=O)cc1OC. The standard InChI is InChI=1S/C23H32N4O5/c1-31-19-8-7-17(15-20(19)32-2)9-14-27-22(29)18(21(28)25-23(27)30)16-24-10-6-13-26-11-4-3-5-12-26/h7-8,15-16,29H,3-6,9-14H2,1-2H3,(H,25,28,30)/p+1. The van der Waals surface area contributed by atoms with E-state index in [0.29, 0.717) is 24.5 Å². The van der Waals surface area contributed by atoms with Gasteiger partial charge in [-0.25, -0.2) is 4.79 Å². The molecule has 0 spiro atoms. The lowest BCUT2D eigenvalue weighted by atomic mass is 10.1. The summed E-state index contributed by atoms with van der Waals surface area (Å²) < 4.78 is 11.7. The number of hydrogen-bond acceptors (Lipinski definition) is 6. The summed E-state index contributed by atoms with van der Waals surface area (Å²) in [5.74, 6) is 0.826. The highest BCUT2D eigenvalue weighted by Crippen LogP contribution is 2.27. The normalized spacial score (nSPS) is 14.7. The van der Waals surface area contributed by atoms with Gasteiger partial charge in [-0.2, -0.15) is 0 Å². The minimum absolute atomic E-state index is 0.00207. The number of piperidine rings is 1. The number of aromatic amines is 1. The first-order valence-corrected chi connectivity index (χ1v) is 11.1. The Hall–Kier alpha value is -3.07. The molecule has 1 saturated heterocycles. The molecule has 9 nitrogen and oxygen atoms in total. The zero-order valence-corrected chi connectivity index (χ0v) is 18.9. The minimum atomic E-state index is -0.654. The van der Waals surface area contributed by atoms with E-state index < -0.39 is 11.2 Å². The van der Waals surface area contributed by atoms with Crippen LogP contribution in [0.4, 0.5) is 0 Å². The van der Waals surface area contributed by atoms with E-state index in [9.17, 15) is 14.7 Å². The summed E-state index contributed by atoms with van der Waals surface area (Å²) in [5.41, 5.74) is -0.392. The molecule has 1 aliphatic heterocycles. The summed E-state index contributed by atoms with van der Waals surface area (Å²) in [5, 5.41) is 10.6. The van der Waals surface area contributed by atoms with E-state index in [-0.39, 0.29) is 18.0 Å². The Morgan fingerprint density at radius 1 is 1.16 bits per heavy atom. The Kier molecular flexibility index (Phi) is 8.49. The Bertz CT molecular complexity index is 1040. The second-order valence-electron chi connectivity index (χ2n) is 8.04. The maximum Gasteiger partial charge on any atom is 0.331 e. The number of ether oxygens (including phenoxy) is 2. The van der Waals surface area contributed by atoms with Gasteiger partial charge in [0.25, 0.3) is 5.56 Å². The zero-order chi connectivity index (χ0) is 22.9. The van der Waals surface area contributed by atoms with Crippen LogP contribution in [0.2, 0.25) is 0 Å². The molecule has 2 heterocycles. The number of hydrogen-bond donors (Lipinski definition) is 3. The lowest BCUT2D eigenvalue weighted by molar-refractivity contribution is -0.904. The molecular weight excluding hydrogens is 412 g/mol. The Morgan fingerprint density at radius 3 is 2.62 bits per heavy atom. The predicted molar refractivity (Wildman–Crippen MR) is 123 cm³/mol. The minimum Gasteiger partial charge on any atom is -0.494 e. The molecule has 0 unspecified atom stereocenters. The molecule has 3 rings (SSSR count). The highest BCUT2D eigenvalue weighted by atomic mass is 16.5. The quantitative estimate of drug-likeness (QED) is 0.362. The summed E-state index contributed by atoms with van der Waals surface area (Å²) >= 11 is 0. The van der Waals surface area contributed by atoms with Crippen molar-refractivity contribution in [2.24, 2.45) is 4.99 Å². The van der Waals surface area contributed by atoms with E-state index in [1.807, 2.05) is 12.1 Å². The van der Waals surface area contributed by atoms with Gasteiger partial charge in [0.15, 0.2) is 11.5 Å². The molecule has 9 heteroatoms. The molecule has 0 atom stereocenters. The number of nitrogens with zero attached hydrogens (tertiary/aromatic N) is 2. The van der Waals surface area contributed by atoms with Crippen molar-refractivity contribution >= 4 is 6.21 Å². The number of methoxy groups -OCH3 is 2. The van der Waals surface area contributed by atoms with Crippen molar-refractivity contribution in [2.45, 2.75) is 38.6 Å². The van der Waals surface area contributed by atoms with E-state index in [4.69, 9.17) is 9.47 Å². The van der Waals surface area contributed by atoms with Gasteiger partial charge in [-0.05, 0) is 43.4 Å². The highest BCUT2D eigenvalue weighted by molar-refractivity contribution is 5.81. The number of quaternary nitrogens is 1. The van der Waals surface area contributed by atoms with Crippen LogP contribution < -0.4 is 25.6 Å². The third-order valence-corrected chi connectivity index (χ3v) is 5.88. The molecule has 1 fully saturated rings. The summed E-state index contributed by atoms with van der Waals surface area (Å²) in [6.07, 6.45) is 6.63. The van der Waals surface area contributed by atoms with Gasteiger partial charge in [-0.1, -0.05) is 6.07 Å². The largest absolute Gasteiger partial charge is 0.494 e. The van der Waals surface area contributed by atoms with Gasteiger partial charge in [0.2, 0.25) is 5.88 Å². The highest BCUT2D eigenvalue weighted by Gasteiger charge is 2.14. The number of rotatable bonds is 10. The molecule has 0 saturated carbocycles. The van der Waals surface area contributed by atoms with Crippen LogP contribution in [0.3, 0.4) is 0 Å². The van der Waals surface area contributed by atoms with Crippen LogP contribution in [0.5, 0.6) is 17.4 Å². The van der Waals surface area contributed by atoms with Crippen LogP contribution in [0.1, 0.15) is 36.8 Å². The number of H-pyrrole nitrogens is 1. The van der Waals surface area contributed by atoms with E-state index in [1.54, 1.807) is 25.2 Å². The summed E-state index contributed by atoms with van der Waals surface area (Å²) in [4.78, 5) is 32.7. The topological polar surface area (TPSA) is 110 Å². The molecular formula is C23H33N4O5+. The predicted octanol–water partition coefficient (Wildman–Crippen LogP) is 0.380. The Balaban J connectivity index is 1.65. The Morgan fingerprint density at radius 2 is 1.91 bits per heavy atom. The van der Waals surface area contributed by atoms with Crippen molar-refractivity contribution in [1.29, 1.82) is 0 Å². The zero-order valence-electron chi connectivity index (χ0n) is 18.9. The van der Waals surface area contributed by atoms with Crippen LogP contribution in [-0.4, -0.2) is 61.3 Å². The van der Waals surface area contributed by atoms with Crippen LogP contribution >= 0.6 is 0 Å². The van der Waals surface area contributed by atoms with Gasteiger partial charge >= 0.3 is 5.69 Å². The van der Waals surface area contributed by atoms with Crippen LogP contribution in [-0.2, 0) is 13.0 Å². The van der Waals surface area contributed by atoms with Crippen LogP contribution in [0, 0.1) is 0 Å². The fraction of sp³-hybridized carbons (Fsp3) is 0.522. The van der Waals surface area contributed by atoms with Crippen molar-refractivity contribution < 1.29 is 19.5 Å². The third-order valence-electron chi connectivity index (χ3n) is 5.88. The van der Waals surface area contributed by atoms with Gasteiger partial charge in [0.1, 0.15) is 5.56 Å². The van der Waals surface area contributed by atoms with Gasteiger partial charge < -0.3 is 19.5 Å². The van der Waals surface area contributed by atoms with Gasteiger partial charge in [-0.3, -0.25) is 19.3 Å². The second-order valence-corrected chi connectivity index (χ2v) is 8.04. The van der Waals surface area contributed by atoms with Crippen molar-refractivity contribution in [3.63, 3.8) is 0 Å². The second kappa shape index (κ2) is 11.5. The number of aryl methyl sites for hydroxylation is 1. The molecule has 32 heavy (non-hydrogen) atoms. The van der Waals surface area contributed by atoms with Crippen molar-refractivity contribution in [1.82, 2.24) is 9.55 Å². The first-order valence-electron chi connectivity index (χ1n) is 11.1. The van der Waals surface area contributed by atoms with E-state index in [0.717, 1.165) is 23.1 Å². The van der Waals surface area contributed by atoms with Crippen molar-refractivity contribution in [3.05, 3.63) is 50.2 Å². The number of benzene rings is 1. The number of likely N-dealkylation sites (tertiary alicyclic amines) is 1. The van der Waals surface area contributed by atoms with E-state index in [1.165, 1.54) is 38.6 Å². The maximum absolute atomic E-state index is 12.3. The van der Waals surface area contributed by atoms with Gasteiger partial charge in [0.05, 0.1) is 33.9 Å². The molecule has 1 aromatic heterocycles. The first-order chi connectivity index (χ1) is 15.5. The maximum atomic E-state index is 12.3. The summed E-state index contributed by atoms with van der Waals surface area (Å²) in [6.45, 7) is 4.26. The number of nitrogens with one attached hydrogen (secondary N) is 2. The average molecular weight is 446 g/mol. The molecule has 174 valence electrons. The smallest absolute Gasteiger partial charge is 0.331 e. The summed E-state index contributed by atoms with van der Waals surface area (Å²) in [6, 6.07) is 5.47. The molecule has 1 aliphatic rings.